The maximum absolute atomic E-state index is 13.0. The number of rotatable bonds is 2. The van der Waals surface area contributed by atoms with Gasteiger partial charge < -0.3 is 9.97 Å². The standard InChI is InChI=1S/C21H20N2O/c1-12-7-6-9-16-20(12)23-14(3)18(21(16)24)11-17-13(2)22-19-10-5-4-8-15(17)19/h4-10,22H,11H2,1-3H3,(H,23,24). The van der Waals surface area contributed by atoms with Gasteiger partial charge in [-0.15, -0.1) is 0 Å². The van der Waals surface area contributed by atoms with E-state index < -0.39 is 0 Å². The Morgan fingerprint density at radius 2 is 1.50 bits per heavy atom. The number of aryl methyl sites for hydroxylation is 3. The summed E-state index contributed by atoms with van der Waals surface area (Å²) in [5.41, 5.74) is 7.42. The lowest BCUT2D eigenvalue weighted by atomic mass is 9.98. The molecule has 3 heteroatoms. The third-order valence-electron chi connectivity index (χ3n) is 4.94. The Morgan fingerprint density at radius 3 is 2.33 bits per heavy atom. The molecule has 2 aromatic carbocycles. The maximum Gasteiger partial charge on any atom is 0.193 e. The van der Waals surface area contributed by atoms with Gasteiger partial charge in [-0.1, -0.05) is 30.3 Å². The van der Waals surface area contributed by atoms with Crippen LogP contribution in [0.25, 0.3) is 21.8 Å². The lowest BCUT2D eigenvalue weighted by Crippen LogP contribution is -2.14. The molecule has 4 rings (SSSR count). The third-order valence-corrected chi connectivity index (χ3v) is 4.94. The molecule has 0 spiro atoms. The first kappa shape index (κ1) is 14.8. The predicted molar refractivity (Wildman–Crippen MR) is 99.9 cm³/mol. The van der Waals surface area contributed by atoms with Gasteiger partial charge in [-0.3, -0.25) is 4.79 Å². The van der Waals surface area contributed by atoms with Gasteiger partial charge in [0.2, 0.25) is 0 Å². The van der Waals surface area contributed by atoms with Crippen LogP contribution in [0.2, 0.25) is 0 Å². The number of para-hydroxylation sites is 2. The zero-order valence-electron chi connectivity index (χ0n) is 14.2. The van der Waals surface area contributed by atoms with Gasteiger partial charge >= 0.3 is 0 Å². The van der Waals surface area contributed by atoms with Gasteiger partial charge in [0, 0.05) is 39.7 Å². The molecule has 0 bridgehead atoms. The van der Waals surface area contributed by atoms with Crippen molar-refractivity contribution in [3.05, 3.63) is 80.8 Å². The molecule has 0 aliphatic rings. The number of aromatic amines is 2. The van der Waals surface area contributed by atoms with Crippen molar-refractivity contribution in [2.45, 2.75) is 27.2 Å². The first-order valence-corrected chi connectivity index (χ1v) is 8.23. The minimum atomic E-state index is 0.134. The number of hydrogen-bond acceptors (Lipinski definition) is 1. The molecule has 3 nitrogen and oxygen atoms in total. The number of aromatic nitrogens is 2. The summed E-state index contributed by atoms with van der Waals surface area (Å²) in [6.07, 6.45) is 0.640. The van der Waals surface area contributed by atoms with Gasteiger partial charge in [0.15, 0.2) is 5.43 Å². The smallest absolute Gasteiger partial charge is 0.193 e. The quantitative estimate of drug-likeness (QED) is 0.561. The second-order valence-electron chi connectivity index (χ2n) is 6.51. The van der Waals surface area contributed by atoms with E-state index in [-0.39, 0.29) is 5.43 Å². The minimum absolute atomic E-state index is 0.134. The fraction of sp³-hybridized carbons (Fsp3) is 0.190. The molecule has 0 atom stereocenters. The van der Waals surface area contributed by atoms with Crippen LogP contribution in [-0.2, 0) is 6.42 Å². The van der Waals surface area contributed by atoms with E-state index in [2.05, 4.69) is 29.0 Å². The highest BCUT2D eigenvalue weighted by Gasteiger charge is 2.15. The molecule has 24 heavy (non-hydrogen) atoms. The molecule has 2 aromatic heterocycles. The summed E-state index contributed by atoms with van der Waals surface area (Å²) in [7, 11) is 0. The molecule has 4 aromatic rings. The molecule has 120 valence electrons. The highest BCUT2D eigenvalue weighted by atomic mass is 16.1. The Hall–Kier alpha value is -2.81. The Morgan fingerprint density at radius 1 is 0.792 bits per heavy atom. The van der Waals surface area contributed by atoms with Gasteiger partial charge in [-0.2, -0.15) is 0 Å². The van der Waals surface area contributed by atoms with Crippen LogP contribution in [0.5, 0.6) is 0 Å². The van der Waals surface area contributed by atoms with E-state index in [4.69, 9.17) is 0 Å². The maximum atomic E-state index is 13.0. The second kappa shape index (κ2) is 5.38. The molecule has 0 radical (unpaired) electrons. The van der Waals surface area contributed by atoms with E-state index in [9.17, 15) is 4.79 Å². The van der Waals surface area contributed by atoms with Crippen LogP contribution in [0.4, 0.5) is 0 Å². The normalized spacial score (nSPS) is 11.5. The second-order valence-corrected chi connectivity index (χ2v) is 6.51. The highest BCUT2D eigenvalue weighted by Crippen LogP contribution is 2.25. The van der Waals surface area contributed by atoms with Gasteiger partial charge in [0.25, 0.3) is 0 Å². The predicted octanol–water partition coefficient (Wildman–Crippen LogP) is 4.53. The first-order valence-electron chi connectivity index (χ1n) is 8.23. The van der Waals surface area contributed by atoms with E-state index in [0.29, 0.717) is 6.42 Å². The monoisotopic (exact) mass is 316 g/mol. The van der Waals surface area contributed by atoms with Crippen molar-refractivity contribution in [1.82, 2.24) is 9.97 Å². The Balaban J connectivity index is 1.94. The van der Waals surface area contributed by atoms with Crippen LogP contribution in [0.1, 0.15) is 28.1 Å². The molecule has 0 fully saturated rings. The summed E-state index contributed by atoms with van der Waals surface area (Å²) in [5.74, 6) is 0. The summed E-state index contributed by atoms with van der Waals surface area (Å²) in [5, 5.41) is 1.96. The lowest BCUT2D eigenvalue weighted by Gasteiger charge is -2.10. The van der Waals surface area contributed by atoms with Crippen molar-refractivity contribution < 1.29 is 0 Å². The highest BCUT2D eigenvalue weighted by molar-refractivity contribution is 5.86. The fourth-order valence-corrected chi connectivity index (χ4v) is 3.57. The zero-order valence-corrected chi connectivity index (χ0v) is 14.2. The van der Waals surface area contributed by atoms with E-state index in [1.807, 2.05) is 44.2 Å². The first-order chi connectivity index (χ1) is 11.6. The molecule has 0 amide bonds. The van der Waals surface area contributed by atoms with Gasteiger partial charge in [0.05, 0.1) is 5.52 Å². The number of pyridine rings is 1. The molecule has 0 unspecified atom stereocenters. The number of H-pyrrole nitrogens is 2. The molecule has 0 aliphatic carbocycles. The number of hydrogen-bond donors (Lipinski definition) is 2. The lowest BCUT2D eigenvalue weighted by molar-refractivity contribution is 1.07. The zero-order chi connectivity index (χ0) is 16.8. The molecule has 0 aliphatic heterocycles. The summed E-state index contributed by atoms with van der Waals surface area (Å²) in [6.45, 7) is 6.10. The Labute approximate surface area is 140 Å². The average molecular weight is 316 g/mol. The largest absolute Gasteiger partial charge is 0.358 e. The summed E-state index contributed by atoms with van der Waals surface area (Å²) in [6, 6.07) is 14.1. The summed E-state index contributed by atoms with van der Waals surface area (Å²) >= 11 is 0. The van der Waals surface area contributed by atoms with Crippen LogP contribution in [0, 0.1) is 20.8 Å². The third kappa shape index (κ3) is 2.16. The average Bonchev–Trinajstić information content (AvgIpc) is 2.88. The van der Waals surface area contributed by atoms with Crippen LogP contribution in [0.3, 0.4) is 0 Å². The fourth-order valence-electron chi connectivity index (χ4n) is 3.57. The molecule has 0 saturated carbocycles. The van der Waals surface area contributed by atoms with Gasteiger partial charge in [-0.25, -0.2) is 0 Å². The van der Waals surface area contributed by atoms with Crippen molar-refractivity contribution in [1.29, 1.82) is 0 Å². The van der Waals surface area contributed by atoms with Crippen LogP contribution in [-0.4, -0.2) is 9.97 Å². The summed E-state index contributed by atoms with van der Waals surface area (Å²) in [4.78, 5) is 19.9. The van der Waals surface area contributed by atoms with E-state index in [1.165, 1.54) is 10.9 Å². The molecule has 2 N–H and O–H groups in total. The van der Waals surface area contributed by atoms with Crippen LogP contribution in [0.15, 0.2) is 47.3 Å². The van der Waals surface area contributed by atoms with Gasteiger partial charge in [0.1, 0.15) is 0 Å². The number of nitrogens with one attached hydrogen (secondary N) is 2. The SMILES string of the molecule is Cc1[nH]c2c(C)cccc2c(=O)c1Cc1c(C)[nH]c2ccccc12. The van der Waals surface area contributed by atoms with Gasteiger partial charge in [-0.05, 0) is 44.0 Å². The topological polar surface area (TPSA) is 48.6 Å². The minimum Gasteiger partial charge on any atom is -0.358 e. The van der Waals surface area contributed by atoms with Crippen molar-refractivity contribution in [3.63, 3.8) is 0 Å². The Bertz CT molecular complexity index is 1130. The van der Waals surface area contributed by atoms with Crippen molar-refractivity contribution in [2.75, 3.05) is 0 Å². The molecular weight excluding hydrogens is 296 g/mol. The van der Waals surface area contributed by atoms with E-state index >= 15 is 0 Å². The Kier molecular flexibility index (Phi) is 3.31. The summed E-state index contributed by atoms with van der Waals surface area (Å²) < 4.78 is 0. The van der Waals surface area contributed by atoms with Crippen molar-refractivity contribution in [2.24, 2.45) is 0 Å². The van der Waals surface area contributed by atoms with Crippen LogP contribution >= 0.6 is 0 Å². The number of benzene rings is 2. The van der Waals surface area contributed by atoms with E-state index in [1.54, 1.807) is 0 Å². The van der Waals surface area contributed by atoms with E-state index in [0.717, 1.165) is 38.9 Å². The molecular formula is C21H20N2O. The molecule has 0 saturated heterocycles. The van der Waals surface area contributed by atoms with Crippen molar-refractivity contribution in [3.8, 4) is 0 Å². The van der Waals surface area contributed by atoms with Crippen LogP contribution < -0.4 is 5.43 Å². The number of fused-ring (bicyclic) bond motifs is 2. The molecule has 2 heterocycles. The van der Waals surface area contributed by atoms with Crippen molar-refractivity contribution >= 4 is 21.8 Å².